The van der Waals surface area contributed by atoms with Crippen molar-refractivity contribution < 1.29 is 4.42 Å². The summed E-state index contributed by atoms with van der Waals surface area (Å²) >= 11 is 0. The predicted molar refractivity (Wildman–Crippen MR) is 75.0 cm³/mol. The van der Waals surface area contributed by atoms with Crippen LogP contribution in [0.5, 0.6) is 0 Å². The van der Waals surface area contributed by atoms with E-state index in [0.717, 1.165) is 13.1 Å². The Bertz CT molecular complexity index is 506. The van der Waals surface area contributed by atoms with E-state index in [1.165, 1.54) is 11.1 Å². The van der Waals surface area contributed by atoms with Crippen LogP contribution >= 0.6 is 0 Å². The molecule has 5 nitrogen and oxygen atoms in total. The van der Waals surface area contributed by atoms with E-state index in [1.807, 2.05) is 18.9 Å². The quantitative estimate of drug-likeness (QED) is 0.862. The van der Waals surface area contributed by atoms with E-state index in [-0.39, 0.29) is 0 Å². The van der Waals surface area contributed by atoms with Gasteiger partial charge in [-0.3, -0.25) is 0 Å². The van der Waals surface area contributed by atoms with Gasteiger partial charge in [-0.15, -0.1) is 5.10 Å². The fourth-order valence-corrected chi connectivity index (χ4v) is 1.74. The van der Waals surface area contributed by atoms with Gasteiger partial charge in [0, 0.05) is 13.6 Å². The third-order valence-corrected chi connectivity index (χ3v) is 2.85. The van der Waals surface area contributed by atoms with Crippen LogP contribution < -0.4 is 10.2 Å². The second-order valence-corrected chi connectivity index (χ2v) is 4.60. The topological polar surface area (TPSA) is 54.2 Å². The van der Waals surface area contributed by atoms with E-state index >= 15 is 0 Å². The molecule has 0 saturated heterocycles. The minimum absolute atomic E-state index is 0.550. The highest BCUT2D eigenvalue weighted by Crippen LogP contribution is 2.14. The summed E-state index contributed by atoms with van der Waals surface area (Å²) < 4.78 is 5.58. The number of anilines is 1. The van der Waals surface area contributed by atoms with Crippen molar-refractivity contribution in [3.63, 3.8) is 0 Å². The number of nitrogens with one attached hydrogen (secondary N) is 1. The lowest BCUT2D eigenvalue weighted by Gasteiger charge is -2.13. The lowest BCUT2D eigenvalue weighted by molar-refractivity contribution is 0.469. The molecule has 5 heteroatoms. The molecular weight excluding hydrogens is 240 g/mol. The first-order chi connectivity index (χ1) is 9.19. The van der Waals surface area contributed by atoms with Crippen molar-refractivity contribution in [3.8, 4) is 0 Å². The monoisotopic (exact) mass is 260 g/mol. The predicted octanol–water partition coefficient (Wildman–Crippen LogP) is 2.12. The Morgan fingerprint density at radius 1 is 1.21 bits per heavy atom. The normalized spacial score (nSPS) is 10.7. The standard InChI is InChI=1S/C14H20N4O/c1-4-15-9-13-16-17-14(19-13)18(3)10-12-7-5-11(2)6-8-12/h5-8,15H,4,9-10H2,1-3H3. The maximum atomic E-state index is 5.58. The number of rotatable bonds is 6. The molecule has 0 unspecified atom stereocenters. The average Bonchev–Trinajstić information content (AvgIpc) is 2.88. The van der Waals surface area contributed by atoms with Gasteiger partial charge in [0.05, 0.1) is 6.54 Å². The molecule has 19 heavy (non-hydrogen) atoms. The first kappa shape index (κ1) is 13.5. The highest BCUT2D eigenvalue weighted by Gasteiger charge is 2.10. The molecule has 0 saturated carbocycles. The lowest BCUT2D eigenvalue weighted by atomic mass is 10.1. The van der Waals surface area contributed by atoms with Gasteiger partial charge < -0.3 is 14.6 Å². The molecule has 0 aliphatic rings. The summed E-state index contributed by atoms with van der Waals surface area (Å²) in [5.41, 5.74) is 2.48. The van der Waals surface area contributed by atoms with Crippen LogP contribution in [0, 0.1) is 6.92 Å². The van der Waals surface area contributed by atoms with Crippen molar-refractivity contribution in [3.05, 3.63) is 41.3 Å². The molecule has 1 heterocycles. The summed E-state index contributed by atoms with van der Waals surface area (Å²) in [6.45, 7) is 6.38. The second-order valence-electron chi connectivity index (χ2n) is 4.60. The molecule has 102 valence electrons. The zero-order valence-electron chi connectivity index (χ0n) is 11.7. The Morgan fingerprint density at radius 2 is 1.95 bits per heavy atom. The lowest BCUT2D eigenvalue weighted by Crippen LogP contribution is -2.16. The highest BCUT2D eigenvalue weighted by atomic mass is 16.4. The minimum atomic E-state index is 0.550. The van der Waals surface area contributed by atoms with Gasteiger partial charge in [0.1, 0.15) is 0 Å². The summed E-state index contributed by atoms with van der Waals surface area (Å²) in [5, 5.41) is 11.2. The zero-order chi connectivity index (χ0) is 13.7. The molecule has 0 amide bonds. The molecule has 0 radical (unpaired) electrons. The molecule has 1 N–H and O–H groups in total. The molecular formula is C14H20N4O. The molecule has 1 aromatic carbocycles. The van der Waals surface area contributed by atoms with Crippen molar-refractivity contribution in [2.75, 3.05) is 18.5 Å². The maximum Gasteiger partial charge on any atom is 0.318 e. The number of benzene rings is 1. The SMILES string of the molecule is CCNCc1nnc(N(C)Cc2ccc(C)cc2)o1. The van der Waals surface area contributed by atoms with Crippen molar-refractivity contribution in [1.29, 1.82) is 0 Å². The summed E-state index contributed by atoms with van der Waals surface area (Å²) in [5.74, 6) is 0.618. The smallest absolute Gasteiger partial charge is 0.318 e. The first-order valence-corrected chi connectivity index (χ1v) is 6.49. The Hall–Kier alpha value is -1.88. The maximum absolute atomic E-state index is 5.58. The Kier molecular flexibility index (Phi) is 4.52. The number of hydrogen-bond donors (Lipinski definition) is 1. The summed E-state index contributed by atoms with van der Waals surface area (Å²) in [6, 6.07) is 8.98. The molecule has 0 spiro atoms. The summed E-state index contributed by atoms with van der Waals surface area (Å²) in [6.07, 6.45) is 0. The van der Waals surface area contributed by atoms with E-state index in [2.05, 4.69) is 46.7 Å². The van der Waals surface area contributed by atoms with Gasteiger partial charge in [-0.05, 0) is 19.0 Å². The van der Waals surface area contributed by atoms with Gasteiger partial charge in [0.2, 0.25) is 5.89 Å². The van der Waals surface area contributed by atoms with E-state index < -0.39 is 0 Å². The molecule has 0 atom stereocenters. The molecule has 2 aromatic rings. The Labute approximate surface area is 113 Å². The minimum Gasteiger partial charge on any atom is -0.407 e. The fourth-order valence-electron chi connectivity index (χ4n) is 1.74. The van der Waals surface area contributed by atoms with Crippen LogP contribution in [0.15, 0.2) is 28.7 Å². The molecule has 1 aromatic heterocycles. The summed E-state index contributed by atoms with van der Waals surface area (Å²) in [4.78, 5) is 1.95. The van der Waals surface area contributed by atoms with E-state index in [0.29, 0.717) is 18.5 Å². The highest BCUT2D eigenvalue weighted by molar-refractivity contribution is 5.28. The van der Waals surface area contributed by atoms with Gasteiger partial charge >= 0.3 is 6.01 Å². The van der Waals surface area contributed by atoms with Crippen molar-refractivity contribution in [2.45, 2.75) is 26.9 Å². The third-order valence-electron chi connectivity index (χ3n) is 2.85. The van der Waals surface area contributed by atoms with Crippen LogP contribution in [-0.2, 0) is 13.1 Å². The van der Waals surface area contributed by atoms with Crippen LogP contribution in [-0.4, -0.2) is 23.8 Å². The molecule has 2 rings (SSSR count). The van der Waals surface area contributed by atoms with Crippen LogP contribution in [0.3, 0.4) is 0 Å². The Balaban J connectivity index is 1.97. The third kappa shape index (κ3) is 3.79. The van der Waals surface area contributed by atoms with Gasteiger partial charge in [-0.2, -0.15) is 0 Å². The van der Waals surface area contributed by atoms with Crippen LogP contribution in [0.25, 0.3) is 0 Å². The second kappa shape index (κ2) is 6.33. The summed E-state index contributed by atoms with van der Waals surface area (Å²) in [7, 11) is 1.95. The van der Waals surface area contributed by atoms with Gasteiger partial charge in [-0.25, -0.2) is 0 Å². The van der Waals surface area contributed by atoms with Crippen LogP contribution in [0.2, 0.25) is 0 Å². The van der Waals surface area contributed by atoms with Gasteiger partial charge in [0.15, 0.2) is 0 Å². The van der Waals surface area contributed by atoms with Crippen molar-refractivity contribution in [2.24, 2.45) is 0 Å². The number of aromatic nitrogens is 2. The van der Waals surface area contributed by atoms with E-state index in [9.17, 15) is 0 Å². The van der Waals surface area contributed by atoms with Gasteiger partial charge in [0.25, 0.3) is 0 Å². The Morgan fingerprint density at radius 3 is 2.63 bits per heavy atom. The van der Waals surface area contributed by atoms with Crippen LogP contribution in [0.4, 0.5) is 6.01 Å². The largest absolute Gasteiger partial charge is 0.407 e. The van der Waals surface area contributed by atoms with E-state index in [1.54, 1.807) is 0 Å². The number of hydrogen-bond acceptors (Lipinski definition) is 5. The molecule has 0 aliphatic heterocycles. The first-order valence-electron chi connectivity index (χ1n) is 6.49. The van der Waals surface area contributed by atoms with Gasteiger partial charge in [-0.1, -0.05) is 41.9 Å². The number of aryl methyl sites for hydroxylation is 1. The molecule has 0 aliphatic carbocycles. The van der Waals surface area contributed by atoms with Crippen LogP contribution in [0.1, 0.15) is 23.9 Å². The molecule has 0 bridgehead atoms. The van der Waals surface area contributed by atoms with E-state index in [4.69, 9.17) is 4.42 Å². The van der Waals surface area contributed by atoms with Crippen molar-refractivity contribution in [1.82, 2.24) is 15.5 Å². The fraction of sp³-hybridized carbons (Fsp3) is 0.429. The number of nitrogens with zero attached hydrogens (tertiary/aromatic N) is 3. The molecule has 0 fully saturated rings. The zero-order valence-corrected chi connectivity index (χ0v) is 11.7. The average molecular weight is 260 g/mol. The van der Waals surface area contributed by atoms with Crippen molar-refractivity contribution >= 4 is 6.01 Å².